The van der Waals surface area contributed by atoms with Gasteiger partial charge in [-0.2, -0.15) is 0 Å². The summed E-state index contributed by atoms with van der Waals surface area (Å²) >= 11 is 6.24. The van der Waals surface area contributed by atoms with Crippen molar-refractivity contribution < 1.29 is 14.3 Å². The van der Waals surface area contributed by atoms with Gasteiger partial charge in [0.15, 0.2) is 0 Å². The zero-order chi connectivity index (χ0) is 21.7. The molecule has 0 unspecified atom stereocenters. The summed E-state index contributed by atoms with van der Waals surface area (Å²) in [7, 11) is 1.55. The second kappa shape index (κ2) is 9.63. The SMILES string of the molecule is CC[C@@H](C)[C@@H](NC(=O)Cc1ccc(OC)cc1Cl)C(=O)Nc1nc2ccccc2[nH]1. The molecule has 0 bridgehead atoms. The van der Waals surface area contributed by atoms with Crippen molar-refractivity contribution in [2.75, 3.05) is 12.4 Å². The standard InChI is InChI=1S/C22H25ClN4O3/c1-4-13(2)20(21(29)27-22-24-17-7-5-6-8-18(17)25-22)26-19(28)11-14-9-10-15(30-3)12-16(14)23/h5-10,12-13,20H,4,11H2,1-3H3,(H,26,28)(H2,24,25,27,29)/t13-,20-/m1/s1. The molecule has 0 saturated carbocycles. The number of aromatic amines is 1. The molecule has 30 heavy (non-hydrogen) atoms. The fourth-order valence-electron chi connectivity index (χ4n) is 3.10. The van der Waals surface area contributed by atoms with Gasteiger partial charge in [0.1, 0.15) is 11.8 Å². The molecule has 0 aliphatic carbocycles. The quantitative estimate of drug-likeness (QED) is 0.506. The van der Waals surface area contributed by atoms with Crippen molar-refractivity contribution >= 4 is 40.4 Å². The van der Waals surface area contributed by atoms with Crippen LogP contribution in [0.2, 0.25) is 5.02 Å². The number of para-hydroxylation sites is 2. The van der Waals surface area contributed by atoms with Gasteiger partial charge in [0.25, 0.3) is 0 Å². The highest BCUT2D eigenvalue weighted by atomic mass is 35.5. The van der Waals surface area contributed by atoms with E-state index in [1.165, 1.54) is 0 Å². The van der Waals surface area contributed by atoms with E-state index < -0.39 is 6.04 Å². The van der Waals surface area contributed by atoms with Crippen molar-refractivity contribution in [2.45, 2.75) is 32.7 Å². The molecule has 7 nitrogen and oxygen atoms in total. The lowest BCUT2D eigenvalue weighted by atomic mass is 9.98. The number of hydrogen-bond donors (Lipinski definition) is 3. The summed E-state index contributed by atoms with van der Waals surface area (Å²) < 4.78 is 5.13. The molecule has 0 saturated heterocycles. The predicted molar refractivity (Wildman–Crippen MR) is 118 cm³/mol. The molecular weight excluding hydrogens is 404 g/mol. The number of imidazole rings is 1. The first-order chi connectivity index (χ1) is 14.4. The number of amides is 2. The summed E-state index contributed by atoms with van der Waals surface area (Å²) in [6, 6.07) is 11.9. The third-order valence-electron chi connectivity index (χ3n) is 5.05. The molecular formula is C22H25ClN4O3. The van der Waals surface area contributed by atoms with E-state index in [0.29, 0.717) is 22.3 Å². The highest BCUT2D eigenvalue weighted by molar-refractivity contribution is 6.31. The minimum atomic E-state index is -0.701. The van der Waals surface area contributed by atoms with Gasteiger partial charge in [0.05, 0.1) is 24.6 Å². The Morgan fingerprint density at radius 1 is 1.23 bits per heavy atom. The molecule has 0 aliphatic rings. The van der Waals surface area contributed by atoms with Crippen molar-refractivity contribution in [3.8, 4) is 5.75 Å². The van der Waals surface area contributed by atoms with Gasteiger partial charge in [-0.05, 0) is 35.7 Å². The number of anilines is 1. The van der Waals surface area contributed by atoms with Crippen LogP contribution >= 0.6 is 11.6 Å². The van der Waals surface area contributed by atoms with E-state index in [1.54, 1.807) is 25.3 Å². The molecule has 0 fully saturated rings. The monoisotopic (exact) mass is 428 g/mol. The van der Waals surface area contributed by atoms with E-state index in [9.17, 15) is 9.59 Å². The largest absolute Gasteiger partial charge is 0.497 e. The third-order valence-corrected chi connectivity index (χ3v) is 5.41. The lowest BCUT2D eigenvalue weighted by Gasteiger charge is -2.23. The van der Waals surface area contributed by atoms with E-state index in [1.807, 2.05) is 38.1 Å². The van der Waals surface area contributed by atoms with Crippen molar-refractivity contribution in [3.05, 3.63) is 53.1 Å². The van der Waals surface area contributed by atoms with Crippen molar-refractivity contribution in [3.63, 3.8) is 0 Å². The number of benzene rings is 2. The number of halogens is 1. The number of methoxy groups -OCH3 is 1. The van der Waals surface area contributed by atoms with Crippen LogP contribution in [0.1, 0.15) is 25.8 Å². The summed E-state index contributed by atoms with van der Waals surface area (Å²) in [5.74, 6) is 0.295. The second-order valence-electron chi connectivity index (χ2n) is 7.16. The number of ether oxygens (including phenoxy) is 1. The van der Waals surface area contributed by atoms with Crippen LogP contribution in [-0.4, -0.2) is 34.9 Å². The smallest absolute Gasteiger partial charge is 0.249 e. The van der Waals surface area contributed by atoms with Crippen LogP contribution < -0.4 is 15.4 Å². The molecule has 3 N–H and O–H groups in total. The van der Waals surface area contributed by atoms with Gasteiger partial charge in [-0.25, -0.2) is 4.98 Å². The maximum Gasteiger partial charge on any atom is 0.249 e. The average molecular weight is 429 g/mol. The Morgan fingerprint density at radius 2 is 2.00 bits per heavy atom. The van der Waals surface area contributed by atoms with Gasteiger partial charge in [-0.1, -0.05) is 50.1 Å². The first kappa shape index (κ1) is 21.6. The lowest BCUT2D eigenvalue weighted by Crippen LogP contribution is -2.48. The van der Waals surface area contributed by atoms with Gasteiger partial charge in [-0.15, -0.1) is 0 Å². The van der Waals surface area contributed by atoms with Crippen LogP contribution in [0, 0.1) is 5.92 Å². The van der Waals surface area contributed by atoms with Gasteiger partial charge in [-0.3, -0.25) is 14.9 Å². The van der Waals surface area contributed by atoms with E-state index in [-0.39, 0.29) is 24.2 Å². The molecule has 8 heteroatoms. The van der Waals surface area contributed by atoms with E-state index in [2.05, 4.69) is 20.6 Å². The molecule has 158 valence electrons. The number of carbonyl (C=O) groups is 2. The molecule has 1 heterocycles. The van der Waals surface area contributed by atoms with Crippen LogP contribution in [0.3, 0.4) is 0 Å². The number of rotatable bonds is 8. The summed E-state index contributed by atoms with van der Waals surface area (Å²) in [4.78, 5) is 33.0. The normalized spacial score (nSPS) is 12.9. The van der Waals surface area contributed by atoms with Crippen LogP contribution in [-0.2, 0) is 16.0 Å². The minimum absolute atomic E-state index is 0.0632. The van der Waals surface area contributed by atoms with E-state index in [4.69, 9.17) is 16.3 Å². The number of aromatic nitrogens is 2. The fraction of sp³-hybridized carbons (Fsp3) is 0.318. The Kier molecular flexibility index (Phi) is 6.95. The molecule has 0 spiro atoms. The molecule has 2 atom stereocenters. The van der Waals surface area contributed by atoms with Gasteiger partial charge >= 0.3 is 0 Å². The lowest BCUT2D eigenvalue weighted by molar-refractivity contribution is -0.127. The predicted octanol–water partition coefficient (Wildman–Crippen LogP) is 3.94. The number of H-pyrrole nitrogens is 1. The first-order valence-electron chi connectivity index (χ1n) is 9.78. The summed E-state index contributed by atoms with van der Waals surface area (Å²) in [6.45, 7) is 3.89. The fourth-order valence-corrected chi connectivity index (χ4v) is 3.34. The molecule has 3 rings (SSSR count). The first-order valence-corrected chi connectivity index (χ1v) is 10.2. The topological polar surface area (TPSA) is 96.1 Å². The molecule has 0 aliphatic heterocycles. The highest BCUT2D eigenvalue weighted by Gasteiger charge is 2.27. The Bertz CT molecular complexity index is 1020. The number of carbonyl (C=O) groups excluding carboxylic acids is 2. The molecule has 3 aromatic rings. The van der Waals surface area contributed by atoms with Crippen LogP contribution in [0.5, 0.6) is 5.75 Å². The molecule has 2 amide bonds. The van der Waals surface area contributed by atoms with Crippen LogP contribution in [0.15, 0.2) is 42.5 Å². The zero-order valence-corrected chi connectivity index (χ0v) is 17.9. The molecule has 1 aromatic heterocycles. The third kappa shape index (κ3) is 5.10. The summed E-state index contributed by atoms with van der Waals surface area (Å²) in [5.41, 5.74) is 2.24. The number of nitrogens with one attached hydrogen (secondary N) is 3. The number of fused-ring (bicyclic) bond motifs is 1. The average Bonchev–Trinajstić information content (AvgIpc) is 3.15. The summed E-state index contributed by atoms with van der Waals surface area (Å²) in [6.07, 6.45) is 0.787. The molecule has 0 radical (unpaired) electrons. The van der Waals surface area contributed by atoms with Gasteiger partial charge < -0.3 is 15.0 Å². The maximum atomic E-state index is 12.9. The molecule has 2 aromatic carbocycles. The Labute approximate surface area is 180 Å². The van der Waals surface area contributed by atoms with E-state index in [0.717, 1.165) is 17.5 Å². The Morgan fingerprint density at radius 3 is 2.67 bits per heavy atom. The maximum absolute atomic E-state index is 12.9. The number of nitrogens with zero attached hydrogens (tertiary/aromatic N) is 1. The Balaban J connectivity index is 1.70. The second-order valence-corrected chi connectivity index (χ2v) is 7.56. The Hall–Kier alpha value is -3.06. The van der Waals surface area contributed by atoms with Gasteiger partial charge in [0.2, 0.25) is 17.8 Å². The highest BCUT2D eigenvalue weighted by Crippen LogP contribution is 2.23. The summed E-state index contributed by atoms with van der Waals surface area (Å²) in [5, 5.41) is 6.06. The van der Waals surface area contributed by atoms with Crippen LogP contribution in [0.4, 0.5) is 5.95 Å². The van der Waals surface area contributed by atoms with E-state index >= 15 is 0 Å². The van der Waals surface area contributed by atoms with Crippen LogP contribution in [0.25, 0.3) is 11.0 Å². The van der Waals surface area contributed by atoms with Crippen molar-refractivity contribution in [1.29, 1.82) is 0 Å². The zero-order valence-electron chi connectivity index (χ0n) is 17.2. The van der Waals surface area contributed by atoms with Gasteiger partial charge in [0, 0.05) is 5.02 Å². The van der Waals surface area contributed by atoms with Crippen molar-refractivity contribution in [1.82, 2.24) is 15.3 Å². The van der Waals surface area contributed by atoms with Crippen molar-refractivity contribution in [2.24, 2.45) is 5.92 Å². The number of hydrogen-bond acceptors (Lipinski definition) is 4. The minimum Gasteiger partial charge on any atom is -0.497 e.